The summed E-state index contributed by atoms with van der Waals surface area (Å²) in [6.45, 7) is 6.12. The largest absolute Gasteiger partial charge is 0.344 e. The molecular weight excluding hydrogens is 347 g/mol. The molecule has 0 aliphatic carbocycles. The van der Waals surface area contributed by atoms with Crippen LogP contribution in [0.3, 0.4) is 0 Å². The number of nitrogens with one attached hydrogen (secondary N) is 1. The van der Waals surface area contributed by atoms with Gasteiger partial charge in [-0.2, -0.15) is 4.68 Å². The number of rotatable bonds is 4. The topological polar surface area (TPSA) is 68.5 Å². The molecule has 1 N–H and O–H groups in total. The summed E-state index contributed by atoms with van der Waals surface area (Å²) in [4.78, 5) is 4.14. The molecule has 24 heavy (non-hydrogen) atoms. The maximum absolute atomic E-state index is 6.29. The summed E-state index contributed by atoms with van der Waals surface area (Å²) in [5, 5.41) is 16.1. The van der Waals surface area contributed by atoms with Crippen LogP contribution in [0.1, 0.15) is 25.0 Å². The van der Waals surface area contributed by atoms with E-state index < -0.39 is 5.54 Å². The van der Waals surface area contributed by atoms with Crippen LogP contribution in [0.5, 0.6) is 0 Å². The van der Waals surface area contributed by atoms with Gasteiger partial charge in [0.25, 0.3) is 0 Å². The molecule has 0 saturated heterocycles. The number of anilines is 1. The highest BCUT2D eigenvalue weighted by Gasteiger charge is 2.25. The van der Waals surface area contributed by atoms with Gasteiger partial charge in [-0.25, -0.2) is 0 Å². The number of benzene rings is 1. The van der Waals surface area contributed by atoms with E-state index in [1.54, 1.807) is 24.4 Å². The normalized spacial score (nSPS) is 11.5. The number of halogens is 2. The number of aromatic nitrogens is 5. The highest BCUT2D eigenvalue weighted by Crippen LogP contribution is 2.31. The Morgan fingerprint density at radius 1 is 1.17 bits per heavy atom. The van der Waals surface area contributed by atoms with Crippen molar-refractivity contribution in [3.63, 3.8) is 0 Å². The monoisotopic (exact) mass is 362 g/mol. The van der Waals surface area contributed by atoms with Crippen molar-refractivity contribution >= 4 is 29.2 Å². The van der Waals surface area contributed by atoms with Crippen molar-refractivity contribution in [2.75, 3.05) is 5.32 Å². The van der Waals surface area contributed by atoms with Crippen LogP contribution in [0.2, 0.25) is 10.0 Å². The summed E-state index contributed by atoms with van der Waals surface area (Å²) in [5.74, 6) is 0.473. The van der Waals surface area contributed by atoms with E-state index in [1.165, 1.54) is 4.68 Å². The summed E-state index contributed by atoms with van der Waals surface area (Å²) in [6.07, 6.45) is 3.60. The van der Waals surface area contributed by atoms with Gasteiger partial charge < -0.3 is 5.32 Å². The van der Waals surface area contributed by atoms with Crippen LogP contribution in [0, 0.1) is 6.92 Å². The van der Waals surface area contributed by atoms with Gasteiger partial charge in [0.1, 0.15) is 0 Å². The first kappa shape index (κ1) is 16.7. The standard InChI is InChI=1S/C16H16Cl2N6/c1-10-9-19-8-7-11(10)16(2,3)20-15-21-22-23-24(15)13-6-4-5-12(17)14(13)18/h4-9H,1-3H3,(H,20,21,23). The number of hydrogen-bond acceptors (Lipinski definition) is 5. The first-order valence-electron chi connectivity index (χ1n) is 7.32. The first-order chi connectivity index (χ1) is 11.4. The van der Waals surface area contributed by atoms with E-state index in [1.807, 2.05) is 33.0 Å². The second-order valence-electron chi connectivity index (χ2n) is 5.93. The van der Waals surface area contributed by atoms with Crippen LogP contribution in [-0.2, 0) is 5.54 Å². The average molecular weight is 363 g/mol. The predicted molar refractivity (Wildman–Crippen MR) is 94.8 cm³/mol. The Morgan fingerprint density at radius 3 is 2.71 bits per heavy atom. The molecule has 0 bridgehead atoms. The van der Waals surface area contributed by atoms with Gasteiger partial charge in [-0.1, -0.05) is 34.4 Å². The van der Waals surface area contributed by atoms with E-state index in [9.17, 15) is 0 Å². The second kappa shape index (κ2) is 6.37. The van der Waals surface area contributed by atoms with Gasteiger partial charge in [0, 0.05) is 12.4 Å². The van der Waals surface area contributed by atoms with Crippen molar-refractivity contribution < 1.29 is 0 Å². The van der Waals surface area contributed by atoms with E-state index in [-0.39, 0.29) is 0 Å². The maximum Gasteiger partial charge on any atom is 0.248 e. The van der Waals surface area contributed by atoms with Crippen molar-refractivity contribution in [1.29, 1.82) is 0 Å². The van der Waals surface area contributed by atoms with Crippen molar-refractivity contribution in [3.05, 3.63) is 57.8 Å². The number of tetrazole rings is 1. The maximum atomic E-state index is 6.29. The first-order valence-corrected chi connectivity index (χ1v) is 8.08. The fourth-order valence-corrected chi connectivity index (χ4v) is 2.98. The van der Waals surface area contributed by atoms with E-state index in [0.717, 1.165) is 11.1 Å². The summed E-state index contributed by atoms with van der Waals surface area (Å²) in [5.41, 5.74) is 2.38. The molecule has 0 radical (unpaired) electrons. The van der Waals surface area contributed by atoms with Crippen LogP contribution in [-0.4, -0.2) is 25.2 Å². The Hall–Kier alpha value is -2.18. The fraction of sp³-hybridized carbons (Fsp3) is 0.250. The van der Waals surface area contributed by atoms with E-state index in [2.05, 4.69) is 25.8 Å². The minimum atomic E-state index is -0.412. The lowest BCUT2D eigenvalue weighted by atomic mass is 9.92. The van der Waals surface area contributed by atoms with Crippen molar-refractivity contribution in [2.45, 2.75) is 26.3 Å². The molecule has 0 aliphatic heterocycles. The van der Waals surface area contributed by atoms with Crippen LogP contribution in [0.4, 0.5) is 5.95 Å². The third-order valence-corrected chi connectivity index (χ3v) is 4.56. The minimum Gasteiger partial charge on any atom is -0.344 e. The highest BCUT2D eigenvalue weighted by atomic mass is 35.5. The van der Waals surface area contributed by atoms with E-state index in [4.69, 9.17) is 23.2 Å². The van der Waals surface area contributed by atoms with Gasteiger partial charge in [-0.15, -0.1) is 0 Å². The van der Waals surface area contributed by atoms with Gasteiger partial charge in [0.15, 0.2) is 0 Å². The summed E-state index contributed by atoms with van der Waals surface area (Å²) >= 11 is 12.4. The molecule has 8 heteroatoms. The molecule has 0 amide bonds. The summed E-state index contributed by atoms with van der Waals surface area (Å²) in [7, 11) is 0. The smallest absolute Gasteiger partial charge is 0.248 e. The quantitative estimate of drug-likeness (QED) is 0.758. The predicted octanol–water partition coefficient (Wildman–Crippen LogP) is 4.02. The third-order valence-electron chi connectivity index (χ3n) is 3.75. The Kier molecular flexibility index (Phi) is 4.43. The van der Waals surface area contributed by atoms with Crippen LogP contribution in [0.15, 0.2) is 36.7 Å². The molecule has 0 spiro atoms. The second-order valence-corrected chi connectivity index (χ2v) is 6.71. The molecule has 0 saturated carbocycles. The molecule has 0 fully saturated rings. The van der Waals surface area contributed by atoms with Gasteiger partial charge >= 0.3 is 0 Å². The van der Waals surface area contributed by atoms with Gasteiger partial charge in [0.2, 0.25) is 5.95 Å². The third kappa shape index (κ3) is 3.07. The molecule has 2 heterocycles. The van der Waals surface area contributed by atoms with E-state index >= 15 is 0 Å². The Balaban J connectivity index is 2.00. The molecule has 2 aromatic heterocycles. The molecule has 6 nitrogen and oxygen atoms in total. The van der Waals surface area contributed by atoms with Crippen LogP contribution in [0.25, 0.3) is 5.69 Å². The number of nitrogens with zero attached hydrogens (tertiary/aromatic N) is 5. The SMILES string of the molecule is Cc1cnccc1C(C)(C)Nc1nnnn1-c1cccc(Cl)c1Cl. The zero-order valence-electron chi connectivity index (χ0n) is 13.5. The van der Waals surface area contributed by atoms with Gasteiger partial charge in [-0.05, 0) is 60.5 Å². The Morgan fingerprint density at radius 2 is 1.96 bits per heavy atom. The lowest BCUT2D eigenvalue weighted by molar-refractivity contribution is 0.592. The number of hydrogen-bond donors (Lipinski definition) is 1. The Labute approximate surface area is 149 Å². The van der Waals surface area contributed by atoms with Crippen molar-refractivity contribution in [2.24, 2.45) is 0 Å². The molecule has 0 aliphatic rings. The highest BCUT2D eigenvalue weighted by molar-refractivity contribution is 6.43. The van der Waals surface area contributed by atoms with Crippen molar-refractivity contribution in [3.8, 4) is 5.69 Å². The fourth-order valence-electron chi connectivity index (χ4n) is 2.60. The van der Waals surface area contributed by atoms with E-state index in [0.29, 0.717) is 21.7 Å². The average Bonchev–Trinajstić information content (AvgIpc) is 2.97. The Bertz CT molecular complexity index is 875. The molecular formula is C16H16Cl2N6. The molecule has 0 unspecified atom stereocenters. The summed E-state index contributed by atoms with van der Waals surface area (Å²) < 4.78 is 1.53. The minimum absolute atomic E-state index is 0.396. The molecule has 3 rings (SSSR count). The van der Waals surface area contributed by atoms with Crippen LogP contribution >= 0.6 is 23.2 Å². The lowest BCUT2D eigenvalue weighted by Gasteiger charge is -2.28. The van der Waals surface area contributed by atoms with Crippen LogP contribution < -0.4 is 5.32 Å². The van der Waals surface area contributed by atoms with Gasteiger partial charge in [0.05, 0.1) is 21.3 Å². The molecule has 1 aromatic carbocycles. The number of aryl methyl sites for hydroxylation is 1. The molecule has 124 valence electrons. The summed E-state index contributed by atoms with van der Waals surface area (Å²) in [6, 6.07) is 7.30. The number of pyridine rings is 1. The molecule has 3 aromatic rings. The van der Waals surface area contributed by atoms with Crippen molar-refractivity contribution in [1.82, 2.24) is 25.2 Å². The molecule has 0 atom stereocenters. The lowest BCUT2D eigenvalue weighted by Crippen LogP contribution is -2.30. The zero-order chi connectivity index (χ0) is 17.3. The zero-order valence-corrected chi connectivity index (χ0v) is 15.0. The van der Waals surface area contributed by atoms with Gasteiger partial charge in [-0.3, -0.25) is 4.98 Å².